The lowest BCUT2D eigenvalue weighted by Gasteiger charge is -2.24. The van der Waals surface area contributed by atoms with Crippen LogP contribution in [0, 0.1) is 0 Å². The average Bonchev–Trinajstić information content (AvgIpc) is 2.89. The number of hydrogen-bond acceptors (Lipinski definition) is 9. The van der Waals surface area contributed by atoms with Crippen LogP contribution in [0.2, 0.25) is 0 Å². The van der Waals surface area contributed by atoms with Gasteiger partial charge in [0.1, 0.15) is 23.4 Å². The SMILES string of the molecule is CCCCCNC(=O)[C@H](Cc1ccc(OC(C(=O)OCC)C(=O)OCC)cc1)NC(=O)[C@H](C)NC(=O)OC(C)(C)C. The van der Waals surface area contributed by atoms with Crippen LogP contribution < -0.4 is 20.7 Å². The first-order chi connectivity index (χ1) is 19.3. The quantitative estimate of drug-likeness (QED) is 0.116. The van der Waals surface area contributed by atoms with Gasteiger partial charge in [-0.3, -0.25) is 9.59 Å². The Morgan fingerprint density at radius 2 is 1.41 bits per heavy atom. The molecule has 1 rings (SSSR count). The molecule has 0 aliphatic heterocycles. The molecule has 41 heavy (non-hydrogen) atoms. The molecule has 0 radical (unpaired) electrons. The van der Waals surface area contributed by atoms with Crippen molar-refractivity contribution in [1.82, 2.24) is 16.0 Å². The fraction of sp³-hybridized carbons (Fsp3) is 0.621. The molecule has 3 N–H and O–H groups in total. The molecular weight excluding hydrogens is 534 g/mol. The number of unbranched alkanes of at least 4 members (excludes halogenated alkanes) is 2. The number of ether oxygens (including phenoxy) is 4. The van der Waals surface area contributed by atoms with Gasteiger partial charge >= 0.3 is 18.0 Å². The molecule has 3 amide bonds. The van der Waals surface area contributed by atoms with Crippen LogP contribution in [0.5, 0.6) is 5.75 Å². The summed E-state index contributed by atoms with van der Waals surface area (Å²) in [6.45, 7) is 12.5. The second-order valence-corrected chi connectivity index (χ2v) is 10.3. The Morgan fingerprint density at radius 1 is 0.829 bits per heavy atom. The van der Waals surface area contributed by atoms with Gasteiger partial charge < -0.3 is 34.9 Å². The first kappa shape index (κ1) is 35.2. The summed E-state index contributed by atoms with van der Waals surface area (Å²) in [6, 6.07) is 4.46. The number of carbonyl (C=O) groups excluding carboxylic acids is 5. The molecule has 0 spiro atoms. The molecule has 0 bridgehead atoms. The summed E-state index contributed by atoms with van der Waals surface area (Å²) in [5.41, 5.74) is -0.0630. The van der Waals surface area contributed by atoms with E-state index in [1.165, 1.54) is 19.1 Å². The van der Waals surface area contributed by atoms with Gasteiger partial charge in [-0.25, -0.2) is 14.4 Å². The number of esters is 2. The second kappa shape index (κ2) is 17.8. The molecular formula is C29H45N3O9. The number of benzene rings is 1. The highest BCUT2D eigenvalue weighted by Gasteiger charge is 2.32. The fourth-order valence-electron chi connectivity index (χ4n) is 3.47. The molecule has 0 saturated carbocycles. The van der Waals surface area contributed by atoms with Crippen LogP contribution in [0.25, 0.3) is 0 Å². The van der Waals surface area contributed by atoms with Crippen LogP contribution in [0.3, 0.4) is 0 Å². The minimum absolute atomic E-state index is 0.0660. The molecule has 0 aromatic heterocycles. The molecule has 0 aliphatic carbocycles. The molecule has 1 aromatic carbocycles. The van der Waals surface area contributed by atoms with Gasteiger partial charge in [0.05, 0.1) is 13.2 Å². The summed E-state index contributed by atoms with van der Waals surface area (Å²) in [4.78, 5) is 62.4. The molecule has 0 unspecified atom stereocenters. The lowest BCUT2D eigenvalue weighted by molar-refractivity contribution is -0.166. The summed E-state index contributed by atoms with van der Waals surface area (Å²) in [5.74, 6) is -2.46. The van der Waals surface area contributed by atoms with E-state index in [2.05, 4.69) is 22.9 Å². The summed E-state index contributed by atoms with van der Waals surface area (Å²) >= 11 is 0. The van der Waals surface area contributed by atoms with Crippen LogP contribution in [0.15, 0.2) is 24.3 Å². The van der Waals surface area contributed by atoms with Gasteiger partial charge in [0.25, 0.3) is 6.10 Å². The first-order valence-corrected chi connectivity index (χ1v) is 14.0. The number of hydrogen-bond donors (Lipinski definition) is 3. The average molecular weight is 580 g/mol. The number of carbonyl (C=O) groups is 5. The molecule has 0 aliphatic rings. The Morgan fingerprint density at radius 3 is 1.93 bits per heavy atom. The summed E-state index contributed by atoms with van der Waals surface area (Å²) < 4.78 is 20.6. The summed E-state index contributed by atoms with van der Waals surface area (Å²) in [6.07, 6.45) is 0.540. The van der Waals surface area contributed by atoms with Gasteiger partial charge in [-0.1, -0.05) is 31.9 Å². The van der Waals surface area contributed by atoms with Crippen LogP contribution in [0.1, 0.15) is 73.3 Å². The van der Waals surface area contributed by atoms with Crippen molar-refractivity contribution in [3.8, 4) is 5.75 Å². The highest BCUT2D eigenvalue weighted by atomic mass is 16.6. The number of nitrogens with one attached hydrogen (secondary N) is 3. The van der Waals surface area contributed by atoms with E-state index in [-0.39, 0.29) is 31.3 Å². The van der Waals surface area contributed by atoms with Crippen molar-refractivity contribution in [2.45, 2.75) is 97.9 Å². The molecule has 0 fully saturated rings. The minimum Gasteiger partial charge on any atom is -0.467 e. The third-order valence-corrected chi connectivity index (χ3v) is 5.46. The van der Waals surface area contributed by atoms with E-state index in [0.717, 1.165) is 19.3 Å². The van der Waals surface area contributed by atoms with Crippen LogP contribution in [0.4, 0.5) is 4.79 Å². The van der Waals surface area contributed by atoms with Crippen molar-refractivity contribution < 1.29 is 42.9 Å². The number of amides is 3. The molecule has 2 atom stereocenters. The van der Waals surface area contributed by atoms with E-state index in [4.69, 9.17) is 18.9 Å². The zero-order valence-corrected chi connectivity index (χ0v) is 25.2. The van der Waals surface area contributed by atoms with Gasteiger partial charge in [0, 0.05) is 13.0 Å². The van der Waals surface area contributed by atoms with E-state index < -0.39 is 47.7 Å². The maximum Gasteiger partial charge on any atom is 0.408 e. The van der Waals surface area contributed by atoms with Gasteiger partial charge in [0.15, 0.2) is 0 Å². The molecule has 230 valence electrons. The van der Waals surface area contributed by atoms with E-state index in [1.807, 2.05) is 0 Å². The Bertz CT molecular complexity index is 988. The van der Waals surface area contributed by atoms with E-state index in [9.17, 15) is 24.0 Å². The molecule has 0 heterocycles. The zero-order valence-electron chi connectivity index (χ0n) is 25.2. The Balaban J connectivity index is 3.00. The summed E-state index contributed by atoms with van der Waals surface area (Å²) in [5, 5.41) is 8.02. The van der Waals surface area contributed by atoms with Crippen molar-refractivity contribution in [2.24, 2.45) is 0 Å². The summed E-state index contributed by atoms with van der Waals surface area (Å²) in [7, 11) is 0. The maximum absolute atomic E-state index is 13.0. The highest BCUT2D eigenvalue weighted by molar-refractivity contribution is 5.98. The predicted molar refractivity (Wildman–Crippen MR) is 151 cm³/mol. The van der Waals surface area contributed by atoms with Crippen molar-refractivity contribution in [3.63, 3.8) is 0 Å². The molecule has 12 heteroatoms. The topological polar surface area (TPSA) is 158 Å². The molecule has 12 nitrogen and oxygen atoms in total. The standard InChI is InChI=1S/C29H45N3O9/c1-8-11-12-17-30-25(34)22(32-24(33)19(4)31-28(37)41-29(5,6)7)18-20-13-15-21(16-14-20)40-23(26(35)38-9-2)27(36)39-10-3/h13-16,19,22-23H,8-12,17-18H2,1-7H3,(H,30,34)(H,31,37)(H,32,33)/t19-,22-/m0/s1. The van der Waals surface area contributed by atoms with Gasteiger partial charge in [0.2, 0.25) is 11.8 Å². The highest BCUT2D eigenvalue weighted by Crippen LogP contribution is 2.17. The molecule has 0 saturated heterocycles. The second-order valence-electron chi connectivity index (χ2n) is 10.3. The van der Waals surface area contributed by atoms with Gasteiger partial charge in [-0.15, -0.1) is 0 Å². The van der Waals surface area contributed by atoms with Gasteiger partial charge in [-0.05, 0) is 65.7 Å². The van der Waals surface area contributed by atoms with E-state index in [0.29, 0.717) is 12.1 Å². The third-order valence-electron chi connectivity index (χ3n) is 5.46. The Labute approximate surface area is 242 Å². The molecule has 1 aromatic rings. The third kappa shape index (κ3) is 13.9. The lowest BCUT2D eigenvalue weighted by atomic mass is 10.0. The normalized spacial score (nSPS) is 12.5. The Kier molecular flexibility index (Phi) is 15.3. The number of rotatable bonds is 16. The maximum atomic E-state index is 13.0. The largest absolute Gasteiger partial charge is 0.467 e. The Hall–Kier alpha value is -3.83. The van der Waals surface area contributed by atoms with Crippen molar-refractivity contribution in [2.75, 3.05) is 19.8 Å². The van der Waals surface area contributed by atoms with Crippen LogP contribution >= 0.6 is 0 Å². The van der Waals surface area contributed by atoms with Crippen LogP contribution in [-0.4, -0.2) is 73.4 Å². The minimum atomic E-state index is -1.58. The van der Waals surface area contributed by atoms with Crippen molar-refractivity contribution >= 4 is 29.8 Å². The first-order valence-electron chi connectivity index (χ1n) is 14.0. The van der Waals surface area contributed by atoms with Crippen LogP contribution in [-0.2, 0) is 39.8 Å². The monoisotopic (exact) mass is 579 g/mol. The smallest absolute Gasteiger partial charge is 0.408 e. The fourth-order valence-corrected chi connectivity index (χ4v) is 3.47. The number of alkyl carbamates (subject to hydrolysis) is 1. The van der Waals surface area contributed by atoms with Gasteiger partial charge in [-0.2, -0.15) is 0 Å². The van der Waals surface area contributed by atoms with E-state index in [1.54, 1.807) is 46.8 Å². The zero-order chi connectivity index (χ0) is 31.0. The van der Waals surface area contributed by atoms with E-state index >= 15 is 0 Å². The lowest BCUT2D eigenvalue weighted by Crippen LogP contribution is -2.54. The van der Waals surface area contributed by atoms with Crippen molar-refractivity contribution in [3.05, 3.63) is 29.8 Å². The predicted octanol–water partition coefficient (Wildman–Crippen LogP) is 2.81. The van der Waals surface area contributed by atoms with Crippen molar-refractivity contribution in [1.29, 1.82) is 0 Å².